The second-order valence-electron chi connectivity index (χ2n) is 8.67. The van der Waals surface area contributed by atoms with Gasteiger partial charge in [-0.15, -0.1) is 0 Å². The average Bonchev–Trinajstić information content (AvgIpc) is 2.88. The van der Waals surface area contributed by atoms with Crippen molar-refractivity contribution in [1.29, 1.82) is 0 Å². The summed E-state index contributed by atoms with van der Waals surface area (Å²) in [5.74, 6) is -1.45. The lowest BCUT2D eigenvalue weighted by Gasteiger charge is -2.25. The number of benzene rings is 1. The van der Waals surface area contributed by atoms with Crippen molar-refractivity contribution in [3.63, 3.8) is 0 Å². The molecule has 208 valence electrons. The summed E-state index contributed by atoms with van der Waals surface area (Å²) in [6.07, 6.45) is 6.18. The van der Waals surface area contributed by atoms with Crippen molar-refractivity contribution in [2.75, 3.05) is 30.6 Å². The fraction of sp³-hybridized carbons (Fsp3) is 0.600. The van der Waals surface area contributed by atoms with E-state index >= 15 is 0 Å². The lowest BCUT2D eigenvalue weighted by Crippen LogP contribution is -2.57. The molecule has 0 heterocycles. The van der Waals surface area contributed by atoms with Crippen molar-refractivity contribution >= 4 is 47.2 Å². The average molecular weight is 556 g/mol. The maximum Gasteiger partial charge on any atom is 0.326 e. The largest absolute Gasteiger partial charge is 0.480 e. The van der Waals surface area contributed by atoms with Crippen LogP contribution in [-0.4, -0.2) is 83.5 Å². The second kappa shape index (κ2) is 18.9. The Bertz CT molecular complexity index is 846. The van der Waals surface area contributed by atoms with Crippen molar-refractivity contribution in [3.8, 4) is 0 Å². The highest BCUT2D eigenvalue weighted by atomic mass is 32.2. The van der Waals surface area contributed by atoms with Gasteiger partial charge in [-0.1, -0.05) is 30.3 Å². The van der Waals surface area contributed by atoms with Gasteiger partial charge >= 0.3 is 5.97 Å². The Balaban J connectivity index is 3.06. The Hall–Kier alpha value is -2.28. The van der Waals surface area contributed by atoms with Gasteiger partial charge in [0.05, 0.1) is 6.04 Å². The van der Waals surface area contributed by atoms with Crippen molar-refractivity contribution in [2.45, 2.75) is 62.7 Å². The van der Waals surface area contributed by atoms with E-state index in [9.17, 15) is 24.3 Å². The molecule has 0 fully saturated rings. The van der Waals surface area contributed by atoms with E-state index < -0.39 is 47.9 Å². The Morgan fingerprint density at radius 2 is 1.38 bits per heavy atom. The quantitative estimate of drug-likeness (QED) is 0.134. The van der Waals surface area contributed by atoms with Crippen molar-refractivity contribution in [2.24, 2.45) is 11.5 Å². The Morgan fingerprint density at radius 3 is 1.97 bits per heavy atom. The molecule has 4 unspecified atom stereocenters. The first-order valence-electron chi connectivity index (χ1n) is 12.3. The summed E-state index contributed by atoms with van der Waals surface area (Å²) >= 11 is 3.05. The minimum Gasteiger partial charge on any atom is -0.480 e. The van der Waals surface area contributed by atoms with Crippen molar-refractivity contribution in [3.05, 3.63) is 35.9 Å². The summed E-state index contributed by atoms with van der Waals surface area (Å²) < 4.78 is 0. The van der Waals surface area contributed by atoms with Crippen LogP contribution >= 0.6 is 23.5 Å². The van der Waals surface area contributed by atoms with Gasteiger partial charge in [0.1, 0.15) is 18.1 Å². The van der Waals surface area contributed by atoms with Gasteiger partial charge in [0.2, 0.25) is 17.7 Å². The highest BCUT2D eigenvalue weighted by Gasteiger charge is 2.30. The van der Waals surface area contributed by atoms with E-state index in [1.54, 1.807) is 11.8 Å². The number of hydrogen-bond donors (Lipinski definition) is 6. The molecule has 37 heavy (non-hydrogen) atoms. The Kier molecular flexibility index (Phi) is 16.7. The van der Waals surface area contributed by atoms with Crippen LogP contribution < -0.4 is 27.4 Å². The van der Waals surface area contributed by atoms with Crippen molar-refractivity contribution in [1.82, 2.24) is 16.0 Å². The van der Waals surface area contributed by atoms with Crippen LogP contribution in [0.3, 0.4) is 0 Å². The summed E-state index contributed by atoms with van der Waals surface area (Å²) in [5.41, 5.74) is 12.4. The summed E-state index contributed by atoms with van der Waals surface area (Å²) in [7, 11) is 0. The zero-order chi connectivity index (χ0) is 27.6. The van der Waals surface area contributed by atoms with E-state index in [1.807, 2.05) is 42.8 Å². The molecule has 1 aromatic carbocycles. The monoisotopic (exact) mass is 555 g/mol. The number of aliphatic carboxylic acids is 1. The maximum atomic E-state index is 13.4. The van der Waals surface area contributed by atoms with Gasteiger partial charge in [-0.2, -0.15) is 23.5 Å². The summed E-state index contributed by atoms with van der Waals surface area (Å²) in [6, 6.07) is 5.42. The van der Waals surface area contributed by atoms with Crippen LogP contribution in [0.4, 0.5) is 0 Å². The molecular formula is C25H41N5O5S2. The van der Waals surface area contributed by atoms with Gasteiger partial charge in [0.15, 0.2) is 0 Å². The molecule has 12 heteroatoms. The number of carbonyl (C=O) groups is 4. The molecule has 0 saturated carbocycles. The molecule has 10 nitrogen and oxygen atoms in total. The zero-order valence-corrected chi connectivity index (χ0v) is 23.2. The van der Waals surface area contributed by atoms with Gasteiger partial charge in [0.25, 0.3) is 0 Å². The zero-order valence-electron chi connectivity index (χ0n) is 21.6. The molecule has 4 atom stereocenters. The number of hydrogen-bond acceptors (Lipinski definition) is 8. The first-order chi connectivity index (χ1) is 17.7. The molecule has 0 aromatic heterocycles. The van der Waals surface area contributed by atoms with Gasteiger partial charge in [-0.05, 0) is 68.2 Å². The van der Waals surface area contributed by atoms with Gasteiger partial charge in [-0.3, -0.25) is 14.4 Å². The molecule has 0 aliphatic carbocycles. The van der Waals surface area contributed by atoms with E-state index in [1.165, 1.54) is 11.8 Å². The number of amides is 3. The number of nitrogens with one attached hydrogen (secondary N) is 3. The van der Waals surface area contributed by atoms with E-state index in [2.05, 4.69) is 16.0 Å². The Labute approximate surface area is 227 Å². The lowest BCUT2D eigenvalue weighted by atomic mass is 10.0. The fourth-order valence-corrected chi connectivity index (χ4v) is 4.47. The molecule has 1 aromatic rings. The van der Waals surface area contributed by atoms with E-state index in [-0.39, 0.29) is 19.3 Å². The Morgan fingerprint density at radius 1 is 0.811 bits per heavy atom. The van der Waals surface area contributed by atoms with Gasteiger partial charge in [-0.25, -0.2) is 4.79 Å². The summed E-state index contributed by atoms with van der Waals surface area (Å²) in [6.45, 7) is 0.425. The first-order valence-corrected chi connectivity index (χ1v) is 15.1. The van der Waals surface area contributed by atoms with Gasteiger partial charge < -0.3 is 32.5 Å². The molecule has 1 rings (SSSR count). The molecule has 8 N–H and O–H groups in total. The van der Waals surface area contributed by atoms with E-state index in [4.69, 9.17) is 11.5 Å². The van der Waals surface area contributed by atoms with E-state index in [0.717, 1.165) is 5.56 Å². The molecule has 0 radical (unpaired) electrons. The third kappa shape index (κ3) is 13.2. The SMILES string of the molecule is CSCCC(N)C(=O)NC(Cc1ccccc1)C(=O)NC(CCCCN)C(=O)NC(CCSC)C(=O)O. The maximum absolute atomic E-state index is 13.4. The van der Waals surface area contributed by atoms with Crippen molar-refractivity contribution < 1.29 is 24.3 Å². The summed E-state index contributed by atoms with van der Waals surface area (Å²) in [4.78, 5) is 50.8. The number of nitrogens with two attached hydrogens (primary N) is 2. The standard InChI is InChI=1S/C25H41N5O5S2/c1-36-14-11-18(27)22(31)30-21(16-17-8-4-3-5-9-17)24(33)28-19(10-6-7-13-26)23(32)29-20(25(34)35)12-15-37-2/h3-5,8-9,18-21H,6-7,10-16,26-27H2,1-2H3,(H,28,33)(H,29,32)(H,30,31)(H,34,35). The molecule has 0 bridgehead atoms. The van der Waals surface area contributed by atoms with Crippen LogP contribution in [0.5, 0.6) is 0 Å². The first kappa shape index (κ1) is 32.7. The molecule has 0 aliphatic rings. The van der Waals surface area contributed by atoms with E-state index in [0.29, 0.717) is 37.3 Å². The normalized spacial score (nSPS) is 14.2. The number of carbonyl (C=O) groups excluding carboxylic acids is 3. The summed E-state index contributed by atoms with van der Waals surface area (Å²) in [5, 5.41) is 17.5. The second-order valence-corrected chi connectivity index (χ2v) is 10.6. The van der Waals surface area contributed by atoms with Crippen LogP contribution in [0.25, 0.3) is 0 Å². The lowest BCUT2D eigenvalue weighted by molar-refractivity contribution is -0.142. The minimum atomic E-state index is -1.14. The number of carboxylic acids is 1. The predicted octanol–water partition coefficient (Wildman–Crippen LogP) is 0.731. The molecule has 0 spiro atoms. The predicted molar refractivity (Wildman–Crippen MR) is 150 cm³/mol. The fourth-order valence-electron chi connectivity index (χ4n) is 3.51. The smallest absolute Gasteiger partial charge is 0.326 e. The van der Waals surface area contributed by atoms with Gasteiger partial charge in [0, 0.05) is 6.42 Å². The molecule has 0 saturated heterocycles. The topological polar surface area (TPSA) is 177 Å². The third-order valence-corrected chi connectivity index (χ3v) is 6.98. The minimum absolute atomic E-state index is 0.205. The van der Waals surface area contributed by atoms with Crippen LogP contribution in [0.15, 0.2) is 30.3 Å². The highest BCUT2D eigenvalue weighted by Crippen LogP contribution is 2.09. The number of unbranched alkanes of at least 4 members (excludes halogenated alkanes) is 1. The highest BCUT2D eigenvalue weighted by molar-refractivity contribution is 7.98. The third-order valence-electron chi connectivity index (χ3n) is 5.69. The van der Waals surface area contributed by atoms with Crippen LogP contribution in [-0.2, 0) is 25.6 Å². The van der Waals surface area contributed by atoms with Crippen LogP contribution in [0.1, 0.15) is 37.7 Å². The molecular weight excluding hydrogens is 514 g/mol. The number of carboxylic acid groups (broad SMARTS) is 1. The molecule has 0 aliphatic heterocycles. The van der Waals surface area contributed by atoms with Crippen LogP contribution in [0.2, 0.25) is 0 Å². The molecule has 3 amide bonds. The number of rotatable bonds is 19. The van der Waals surface area contributed by atoms with Crippen LogP contribution in [0, 0.1) is 0 Å². The number of thioether (sulfide) groups is 2.